The van der Waals surface area contributed by atoms with Gasteiger partial charge in [0.05, 0.1) is 16.5 Å². The van der Waals surface area contributed by atoms with E-state index < -0.39 is 0 Å². The highest BCUT2D eigenvalue weighted by molar-refractivity contribution is 7.22. The first-order valence-electron chi connectivity index (χ1n) is 7.61. The molecule has 4 aromatic rings. The topological polar surface area (TPSA) is 33.0 Å². The molecule has 0 radical (unpaired) electrons. The van der Waals surface area contributed by atoms with Gasteiger partial charge >= 0.3 is 0 Å². The van der Waals surface area contributed by atoms with Crippen molar-refractivity contribution in [2.45, 2.75) is 0 Å². The summed E-state index contributed by atoms with van der Waals surface area (Å²) in [7, 11) is 0. The van der Waals surface area contributed by atoms with Crippen molar-refractivity contribution < 1.29 is 4.74 Å². The van der Waals surface area contributed by atoms with Crippen LogP contribution in [0.1, 0.15) is 5.56 Å². The lowest BCUT2D eigenvalue weighted by molar-refractivity contribution is 0.491. The Bertz CT molecular complexity index is 1040. The van der Waals surface area contributed by atoms with E-state index in [1.807, 2.05) is 66.7 Å². The SMILES string of the molecule is N#Cc1ccccc1-c1sc2ccccc2c1Oc1ccccc1. The summed E-state index contributed by atoms with van der Waals surface area (Å²) >= 11 is 1.65. The number of fused-ring (bicyclic) bond motifs is 1. The Labute approximate surface area is 144 Å². The van der Waals surface area contributed by atoms with Gasteiger partial charge in [-0.25, -0.2) is 0 Å². The van der Waals surface area contributed by atoms with Crippen molar-refractivity contribution in [3.05, 3.63) is 84.4 Å². The molecule has 0 fully saturated rings. The van der Waals surface area contributed by atoms with Crippen LogP contribution in [0.2, 0.25) is 0 Å². The standard InChI is InChI=1S/C21H13NOS/c22-14-15-8-4-5-11-17(15)21-20(23-16-9-2-1-3-10-16)18-12-6-7-13-19(18)24-21/h1-13H. The zero-order valence-corrected chi connectivity index (χ0v) is 13.6. The molecule has 114 valence electrons. The third-order valence-electron chi connectivity index (χ3n) is 3.81. The predicted molar refractivity (Wildman–Crippen MR) is 98.5 cm³/mol. The molecule has 1 aromatic heterocycles. The van der Waals surface area contributed by atoms with Crippen molar-refractivity contribution in [2.24, 2.45) is 0 Å². The van der Waals surface area contributed by atoms with Crippen molar-refractivity contribution in [1.29, 1.82) is 5.26 Å². The minimum absolute atomic E-state index is 0.655. The lowest BCUT2D eigenvalue weighted by atomic mass is 10.1. The van der Waals surface area contributed by atoms with E-state index in [2.05, 4.69) is 18.2 Å². The van der Waals surface area contributed by atoms with Gasteiger partial charge in [0, 0.05) is 15.6 Å². The lowest BCUT2D eigenvalue weighted by Crippen LogP contribution is -1.87. The van der Waals surface area contributed by atoms with Crippen LogP contribution in [0.4, 0.5) is 0 Å². The molecule has 0 aliphatic carbocycles. The fraction of sp³-hybridized carbons (Fsp3) is 0. The van der Waals surface area contributed by atoms with Crippen LogP contribution in [0.25, 0.3) is 20.5 Å². The number of nitrogens with zero attached hydrogens (tertiary/aromatic N) is 1. The van der Waals surface area contributed by atoms with Gasteiger partial charge in [0.2, 0.25) is 0 Å². The van der Waals surface area contributed by atoms with Crippen LogP contribution in [-0.2, 0) is 0 Å². The zero-order valence-electron chi connectivity index (χ0n) is 12.8. The largest absolute Gasteiger partial charge is 0.455 e. The van der Waals surface area contributed by atoms with Crippen LogP contribution in [0.15, 0.2) is 78.9 Å². The Balaban J connectivity index is 1.95. The van der Waals surface area contributed by atoms with Crippen LogP contribution >= 0.6 is 11.3 Å². The molecule has 0 saturated carbocycles. The number of hydrogen-bond acceptors (Lipinski definition) is 3. The van der Waals surface area contributed by atoms with E-state index in [4.69, 9.17) is 4.74 Å². The number of hydrogen-bond donors (Lipinski definition) is 0. The van der Waals surface area contributed by atoms with Crippen LogP contribution < -0.4 is 4.74 Å². The molecule has 1 heterocycles. The van der Waals surface area contributed by atoms with Crippen molar-refractivity contribution in [3.63, 3.8) is 0 Å². The Morgan fingerprint density at radius 3 is 2.33 bits per heavy atom. The van der Waals surface area contributed by atoms with E-state index in [1.54, 1.807) is 11.3 Å². The minimum Gasteiger partial charge on any atom is -0.455 e. The second-order valence-electron chi connectivity index (χ2n) is 5.33. The van der Waals surface area contributed by atoms with Gasteiger partial charge in [-0.2, -0.15) is 5.26 Å². The molecule has 24 heavy (non-hydrogen) atoms. The van der Waals surface area contributed by atoms with E-state index in [9.17, 15) is 5.26 Å². The van der Waals surface area contributed by atoms with E-state index in [-0.39, 0.29) is 0 Å². The third-order valence-corrected chi connectivity index (χ3v) is 4.99. The highest BCUT2D eigenvalue weighted by Gasteiger charge is 2.18. The third kappa shape index (κ3) is 2.54. The van der Waals surface area contributed by atoms with Gasteiger partial charge in [-0.05, 0) is 30.3 Å². The summed E-state index contributed by atoms with van der Waals surface area (Å²) < 4.78 is 7.36. The molecule has 2 nitrogen and oxygen atoms in total. The summed E-state index contributed by atoms with van der Waals surface area (Å²) in [5.41, 5.74) is 1.56. The van der Waals surface area contributed by atoms with Gasteiger partial charge in [0.1, 0.15) is 5.75 Å². The normalized spacial score (nSPS) is 10.5. The maximum atomic E-state index is 9.45. The number of thiophene rings is 1. The molecule has 0 unspecified atom stereocenters. The van der Waals surface area contributed by atoms with Gasteiger partial charge in [0.25, 0.3) is 0 Å². The van der Waals surface area contributed by atoms with Crippen molar-refractivity contribution in [3.8, 4) is 28.0 Å². The van der Waals surface area contributed by atoms with Crippen LogP contribution in [0, 0.1) is 11.3 Å². The van der Waals surface area contributed by atoms with Gasteiger partial charge in [0.15, 0.2) is 5.75 Å². The van der Waals surface area contributed by atoms with Crippen molar-refractivity contribution >= 4 is 21.4 Å². The highest BCUT2D eigenvalue weighted by Crippen LogP contribution is 2.46. The summed E-state index contributed by atoms with van der Waals surface area (Å²) in [4.78, 5) is 0.984. The Morgan fingerprint density at radius 1 is 0.792 bits per heavy atom. The Morgan fingerprint density at radius 2 is 1.50 bits per heavy atom. The van der Waals surface area contributed by atoms with E-state index in [0.717, 1.165) is 32.0 Å². The summed E-state index contributed by atoms with van der Waals surface area (Å²) in [6.07, 6.45) is 0. The monoisotopic (exact) mass is 327 g/mol. The number of benzene rings is 3. The summed E-state index contributed by atoms with van der Waals surface area (Å²) in [6, 6.07) is 27.8. The fourth-order valence-corrected chi connectivity index (χ4v) is 3.85. The number of para-hydroxylation sites is 1. The summed E-state index contributed by atoms with van der Waals surface area (Å²) in [5, 5.41) is 10.5. The molecule has 3 heteroatoms. The molecule has 4 rings (SSSR count). The van der Waals surface area contributed by atoms with E-state index >= 15 is 0 Å². The first kappa shape index (κ1) is 14.5. The Hall–Kier alpha value is -3.09. The van der Waals surface area contributed by atoms with Crippen LogP contribution in [0.3, 0.4) is 0 Å². The molecule has 0 N–H and O–H groups in total. The molecule has 0 amide bonds. The number of rotatable bonds is 3. The fourth-order valence-electron chi connectivity index (χ4n) is 2.69. The summed E-state index contributed by atoms with van der Waals surface area (Å²) in [6.45, 7) is 0. The molecule has 0 saturated heterocycles. The maximum Gasteiger partial charge on any atom is 0.153 e. The van der Waals surface area contributed by atoms with Gasteiger partial charge < -0.3 is 4.74 Å². The molecule has 0 spiro atoms. The molecule has 0 aliphatic heterocycles. The molecular weight excluding hydrogens is 314 g/mol. The number of nitriles is 1. The lowest BCUT2D eigenvalue weighted by Gasteiger charge is -2.09. The second-order valence-corrected chi connectivity index (χ2v) is 6.38. The molecule has 0 atom stereocenters. The van der Waals surface area contributed by atoms with E-state index in [0.29, 0.717) is 5.56 Å². The highest BCUT2D eigenvalue weighted by atomic mass is 32.1. The van der Waals surface area contributed by atoms with E-state index in [1.165, 1.54) is 0 Å². The molecule has 0 bridgehead atoms. The smallest absolute Gasteiger partial charge is 0.153 e. The molecule has 3 aromatic carbocycles. The molecular formula is C21H13NOS. The second kappa shape index (κ2) is 6.19. The minimum atomic E-state index is 0.655. The maximum absolute atomic E-state index is 9.45. The number of ether oxygens (including phenoxy) is 1. The van der Waals surface area contributed by atoms with Crippen molar-refractivity contribution in [1.82, 2.24) is 0 Å². The average molecular weight is 327 g/mol. The van der Waals surface area contributed by atoms with Crippen LogP contribution in [0.5, 0.6) is 11.5 Å². The van der Waals surface area contributed by atoms with Gasteiger partial charge in [-0.3, -0.25) is 0 Å². The first-order valence-corrected chi connectivity index (χ1v) is 8.42. The van der Waals surface area contributed by atoms with Crippen molar-refractivity contribution in [2.75, 3.05) is 0 Å². The zero-order chi connectivity index (χ0) is 16.4. The first-order chi connectivity index (χ1) is 11.9. The average Bonchev–Trinajstić information content (AvgIpc) is 3.01. The quantitative estimate of drug-likeness (QED) is 0.446. The van der Waals surface area contributed by atoms with Crippen LogP contribution in [-0.4, -0.2) is 0 Å². The summed E-state index contributed by atoms with van der Waals surface area (Å²) in [5.74, 6) is 1.60. The molecule has 0 aliphatic rings. The predicted octanol–water partition coefficient (Wildman–Crippen LogP) is 6.23. The van der Waals surface area contributed by atoms with Gasteiger partial charge in [-0.1, -0.05) is 48.5 Å². The Kier molecular flexibility index (Phi) is 3.74. The van der Waals surface area contributed by atoms with Gasteiger partial charge in [-0.15, -0.1) is 11.3 Å².